The molecular formula is C26H27F3N2O5S. The van der Waals surface area contributed by atoms with E-state index in [0.29, 0.717) is 5.56 Å². The fourth-order valence-corrected chi connectivity index (χ4v) is 4.75. The summed E-state index contributed by atoms with van der Waals surface area (Å²) in [5.41, 5.74) is -0.366. The maximum absolute atomic E-state index is 13.3. The van der Waals surface area contributed by atoms with Crippen LogP contribution in [0.25, 0.3) is 0 Å². The number of methoxy groups -OCH3 is 1. The summed E-state index contributed by atoms with van der Waals surface area (Å²) in [7, 11) is -2.13. The normalized spacial score (nSPS) is 17.2. The van der Waals surface area contributed by atoms with E-state index in [1.54, 1.807) is 0 Å². The van der Waals surface area contributed by atoms with Crippen molar-refractivity contribution in [1.29, 1.82) is 0 Å². The van der Waals surface area contributed by atoms with Crippen molar-refractivity contribution in [2.75, 3.05) is 13.4 Å². The lowest BCUT2D eigenvalue weighted by molar-refractivity contribution is -0.137. The van der Waals surface area contributed by atoms with Gasteiger partial charge in [-0.2, -0.15) is 13.2 Å². The van der Waals surface area contributed by atoms with Crippen molar-refractivity contribution in [2.24, 2.45) is 10.9 Å². The van der Waals surface area contributed by atoms with Gasteiger partial charge in [0.1, 0.15) is 11.3 Å². The molecule has 1 heterocycles. The monoisotopic (exact) mass is 536 g/mol. The lowest BCUT2D eigenvalue weighted by Crippen LogP contribution is -2.38. The van der Waals surface area contributed by atoms with Gasteiger partial charge < -0.3 is 10.1 Å². The first-order valence-electron chi connectivity index (χ1n) is 11.3. The van der Waals surface area contributed by atoms with E-state index in [1.165, 1.54) is 44.4 Å². The summed E-state index contributed by atoms with van der Waals surface area (Å²) in [6.07, 6.45) is -2.42. The van der Waals surface area contributed by atoms with Crippen molar-refractivity contribution in [3.05, 3.63) is 70.9 Å². The van der Waals surface area contributed by atoms with Crippen molar-refractivity contribution >= 4 is 27.2 Å². The minimum atomic E-state index is -4.59. The fraction of sp³-hybridized carbons (Fsp3) is 0.346. The maximum atomic E-state index is 13.3. The van der Waals surface area contributed by atoms with Gasteiger partial charge in [-0.25, -0.2) is 8.42 Å². The van der Waals surface area contributed by atoms with Crippen LogP contribution in [0, 0.1) is 5.92 Å². The van der Waals surface area contributed by atoms with Gasteiger partial charge in [-0.05, 0) is 36.6 Å². The lowest BCUT2D eigenvalue weighted by atomic mass is 9.84. The number of amides is 1. The van der Waals surface area contributed by atoms with Crippen molar-refractivity contribution in [2.45, 2.75) is 43.8 Å². The number of benzene rings is 2. The van der Waals surface area contributed by atoms with Gasteiger partial charge in [0.2, 0.25) is 0 Å². The molecule has 37 heavy (non-hydrogen) atoms. The number of carbonyl (C=O) groups excluding carboxylic acids is 2. The molecule has 0 fully saturated rings. The van der Waals surface area contributed by atoms with Gasteiger partial charge in [-0.15, -0.1) is 0 Å². The molecule has 1 aliphatic heterocycles. The van der Waals surface area contributed by atoms with Gasteiger partial charge in [0, 0.05) is 23.7 Å². The molecule has 0 aromatic heterocycles. The van der Waals surface area contributed by atoms with E-state index >= 15 is 0 Å². The van der Waals surface area contributed by atoms with Gasteiger partial charge in [-0.1, -0.05) is 38.1 Å². The molecule has 0 saturated carbocycles. The van der Waals surface area contributed by atoms with E-state index in [2.05, 4.69) is 10.3 Å². The molecule has 1 amide bonds. The van der Waals surface area contributed by atoms with E-state index in [-0.39, 0.29) is 33.4 Å². The zero-order valence-corrected chi connectivity index (χ0v) is 21.7. The Morgan fingerprint density at radius 3 is 2.38 bits per heavy atom. The molecule has 2 atom stereocenters. The molecule has 2 aromatic rings. The number of sulfone groups is 1. The number of carbonyl (C=O) groups is 2. The third-order valence-corrected chi connectivity index (χ3v) is 7.17. The molecule has 2 aromatic carbocycles. The maximum Gasteiger partial charge on any atom is 0.416 e. The number of hydrogen-bond acceptors (Lipinski definition) is 6. The molecule has 0 aliphatic carbocycles. The van der Waals surface area contributed by atoms with Crippen LogP contribution in [0.2, 0.25) is 0 Å². The first kappa shape index (κ1) is 28.1. The molecule has 2 unspecified atom stereocenters. The molecule has 3 rings (SSSR count). The van der Waals surface area contributed by atoms with E-state index in [1.807, 2.05) is 13.8 Å². The molecule has 0 bridgehead atoms. The second-order valence-electron chi connectivity index (χ2n) is 9.10. The highest BCUT2D eigenvalue weighted by Gasteiger charge is 2.36. The number of rotatable bonds is 7. The van der Waals surface area contributed by atoms with Crippen molar-refractivity contribution < 1.29 is 35.9 Å². The Morgan fingerprint density at radius 2 is 1.81 bits per heavy atom. The van der Waals surface area contributed by atoms with Crippen LogP contribution in [0.4, 0.5) is 13.2 Å². The molecule has 11 heteroatoms. The summed E-state index contributed by atoms with van der Waals surface area (Å²) >= 11 is 0. The quantitative estimate of drug-likeness (QED) is 0.520. The van der Waals surface area contributed by atoms with E-state index in [9.17, 15) is 31.2 Å². The average molecular weight is 537 g/mol. The molecule has 0 saturated heterocycles. The topological polar surface area (TPSA) is 102 Å². The van der Waals surface area contributed by atoms with Gasteiger partial charge in [0.25, 0.3) is 5.91 Å². The zero-order chi connectivity index (χ0) is 27.7. The van der Waals surface area contributed by atoms with Crippen LogP contribution in [-0.4, -0.2) is 39.2 Å². The van der Waals surface area contributed by atoms with Crippen molar-refractivity contribution in [3.8, 4) is 5.75 Å². The van der Waals surface area contributed by atoms with E-state index < -0.39 is 45.2 Å². The van der Waals surface area contributed by atoms with Crippen LogP contribution in [0.3, 0.4) is 0 Å². The Labute approximate surface area is 213 Å². The summed E-state index contributed by atoms with van der Waals surface area (Å²) < 4.78 is 69.0. The Hall–Kier alpha value is -3.47. The van der Waals surface area contributed by atoms with Crippen LogP contribution in [0.1, 0.15) is 49.4 Å². The minimum absolute atomic E-state index is 0.0424. The number of alkyl halides is 3. The van der Waals surface area contributed by atoms with Crippen LogP contribution in [-0.2, 0) is 25.6 Å². The highest BCUT2D eigenvalue weighted by molar-refractivity contribution is 7.90. The lowest BCUT2D eigenvalue weighted by Gasteiger charge is -2.27. The molecule has 7 nitrogen and oxygen atoms in total. The van der Waals surface area contributed by atoms with E-state index in [4.69, 9.17) is 4.74 Å². The van der Waals surface area contributed by atoms with Crippen molar-refractivity contribution in [1.82, 2.24) is 5.32 Å². The SMILES string of the molecule is COc1cc(S(C)(=O)=O)ccc1C(NC(=O)C1=CN=C(C)C(c2cccc(C(F)(F)F)c2)C1=O)C(C)C. The average Bonchev–Trinajstić information content (AvgIpc) is 2.81. The smallest absolute Gasteiger partial charge is 0.416 e. The number of Topliss-reactive ketones (excluding diaryl/α,β-unsaturated/α-hetero) is 1. The predicted molar refractivity (Wildman–Crippen MR) is 132 cm³/mol. The Morgan fingerprint density at radius 1 is 1.14 bits per heavy atom. The summed E-state index contributed by atoms with van der Waals surface area (Å²) in [6, 6.07) is 8.00. The molecule has 198 valence electrons. The predicted octanol–water partition coefficient (Wildman–Crippen LogP) is 4.64. The second-order valence-corrected chi connectivity index (χ2v) is 11.1. The van der Waals surface area contributed by atoms with Gasteiger partial charge in [0.15, 0.2) is 15.6 Å². The highest BCUT2D eigenvalue weighted by atomic mass is 32.2. The molecule has 0 radical (unpaired) electrons. The number of nitrogens with one attached hydrogen (secondary N) is 1. The van der Waals surface area contributed by atoms with Gasteiger partial charge in [-0.3, -0.25) is 14.6 Å². The number of ketones is 1. The highest BCUT2D eigenvalue weighted by Crippen LogP contribution is 2.35. The molecule has 1 aliphatic rings. The van der Waals surface area contributed by atoms with Crippen LogP contribution in [0.15, 0.2) is 64.1 Å². The Balaban J connectivity index is 1.94. The number of hydrogen-bond donors (Lipinski definition) is 1. The summed E-state index contributed by atoms with van der Waals surface area (Å²) in [6.45, 7) is 5.15. The first-order chi connectivity index (χ1) is 17.1. The summed E-state index contributed by atoms with van der Waals surface area (Å²) in [5.74, 6) is -2.54. The number of nitrogens with zero attached hydrogens (tertiary/aromatic N) is 1. The zero-order valence-electron chi connectivity index (χ0n) is 20.9. The largest absolute Gasteiger partial charge is 0.496 e. The number of aliphatic imine (C=N–C) groups is 1. The van der Waals surface area contributed by atoms with E-state index in [0.717, 1.165) is 24.6 Å². The summed E-state index contributed by atoms with van der Waals surface area (Å²) in [5, 5.41) is 2.78. The third kappa shape index (κ3) is 6.10. The van der Waals surface area contributed by atoms with Crippen LogP contribution < -0.4 is 10.1 Å². The Kier molecular flexibility index (Phi) is 7.97. The summed E-state index contributed by atoms with van der Waals surface area (Å²) in [4.78, 5) is 30.7. The molecule has 0 spiro atoms. The minimum Gasteiger partial charge on any atom is -0.496 e. The first-order valence-corrected chi connectivity index (χ1v) is 13.2. The molecular weight excluding hydrogens is 509 g/mol. The molecule has 1 N–H and O–H groups in total. The number of ether oxygens (including phenoxy) is 1. The second kappa shape index (κ2) is 10.5. The Bertz CT molecular complexity index is 1400. The standard InChI is InChI=1S/C26H27F3N2O5S/c1-14(2)23(19-10-9-18(37(5,34)35)12-21(19)36-4)31-25(33)20-13-30-15(3)22(24(20)32)16-7-6-8-17(11-16)26(27,28)29/h6-14,22-23H,1-5H3,(H,31,33). The fourth-order valence-electron chi connectivity index (χ4n) is 4.11. The number of halogens is 3. The third-order valence-electron chi connectivity index (χ3n) is 6.06. The van der Waals surface area contributed by atoms with Crippen molar-refractivity contribution in [3.63, 3.8) is 0 Å². The van der Waals surface area contributed by atoms with Gasteiger partial charge >= 0.3 is 6.18 Å². The van der Waals surface area contributed by atoms with Crippen LogP contribution in [0.5, 0.6) is 5.75 Å². The van der Waals surface area contributed by atoms with Gasteiger partial charge in [0.05, 0.1) is 29.5 Å². The van der Waals surface area contributed by atoms with Crippen LogP contribution >= 0.6 is 0 Å².